The minimum atomic E-state index is -0.379. The lowest BCUT2D eigenvalue weighted by atomic mass is 10.1. The van der Waals surface area contributed by atoms with Crippen LogP contribution in [0.3, 0.4) is 0 Å². The van der Waals surface area contributed by atoms with Gasteiger partial charge in [0.2, 0.25) is 5.91 Å². The summed E-state index contributed by atoms with van der Waals surface area (Å²) in [5, 5.41) is 2.73. The fourth-order valence-electron chi connectivity index (χ4n) is 2.84. The molecular weight excluding hydrogens is 386 g/mol. The van der Waals surface area contributed by atoms with Crippen molar-refractivity contribution in [2.75, 3.05) is 26.1 Å². The molecule has 3 aromatic rings. The van der Waals surface area contributed by atoms with Gasteiger partial charge in [-0.25, -0.2) is 4.98 Å². The van der Waals surface area contributed by atoms with E-state index in [9.17, 15) is 9.59 Å². The van der Waals surface area contributed by atoms with Gasteiger partial charge >= 0.3 is 0 Å². The van der Waals surface area contributed by atoms with Gasteiger partial charge in [0.25, 0.3) is 5.56 Å². The summed E-state index contributed by atoms with van der Waals surface area (Å²) in [6, 6.07) is 13.7. The third-order valence-electron chi connectivity index (χ3n) is 4.34. The van der Waals surface area contributed by atoms with Crippen LogP contribution in [0.25, 0.3) is 11.3 Å². The number of hydrogen-bond acceptors (Lipinski definition) is 6. The molecule has 0 saturated heterocycles. The van der Waals surface area contributed by atoms with Crippen LogP contribution in [0.4, 0.5) is 5.69 Å². The Hall–Kier alpha value is -3.81. The molecule has 156 valence electrons. The van der Waals surface area contributed by atoms with Crippen LogP contribution in [0.15, 0.2) is 59.7 Å². The van der Waals surface area contributed by atoms with Crippen LogP contribution in [-0.4, -0.2) is 36.3 Å². The van der Waals surface area contributed by atoms with Gasteiger partial charge in [-0.1, -0.05) is 0 Å². The lowest BCUT2D eigenvalue weighted by Gasteiger charge is -2.12. The number of ether oxygens (including phenoxy) is 3. The Morgan fingerprint density at radius 1 is 1.03 bits per heavy atom. The number of aromatic nitrogens is 2. The van der Waals surface area contributed by atoms with Gasteiger partial charge in [0, 0.05) is 17.7 Å². The minimum Gasteiger partial charge on any atom is -0.497 e. The molecule has 3 rings (SSSR count). The Morgan fingerprint density at radius 3 is 2.40 bits per heavy atom. The lowest BCUT2D eigenvalue weighted by molar-refractivity contribution is -0.116. The lowest BCUT2D eigenvalue weighted by Crippen LogP contribution is -2.27. The first-order valence-electron chi connectivity index (χ1n) is 9.35. The Labute approximate surface area is 174 Å². The molecule has 1 amide bonds. The highest BCUT2D eigenvalue weighted by atomic mass is 16.5. The summed E-state index contributed by atoms with van der Waals surface area (Å²) in [6.07, 6.45) is 1.36. The highest BCUT2D eigenvalue weighted by Gasteiger charge is 2.11. The minimum absolute atomic E-state index is 0.176. The van der Waals surface area contributed by atoms with Crippen molar-refractivity contribution in [2.45, 2.75) is 13.5 Å². The molecule has 0 unspecified atom stereocenters. The van der Waals surface area contributed by atoms with Crippen molar-refractivity contribution in [2.24, 2.45) is 0 Å². The molecule has 0 radical (unpaired) electrons. The Kier molecular flexibility index (Phi) is 6.69. The second kappa shape index (κ2) is 9.60. The first-order valence-corrected chi connectivity index (χ1v) is 9.35. The Morgan fingerprint density at radius 2 is 1.77 bits per heavy atom. The number of benzene rings is 2. The van der Waals surface area contributed by atoms with Crippen LogP contribution in [0, 0.1) is 0 Å². The molecule has 1 aromatic heterocycles. The predicted octanol–water partition coefficient (Wildman–Crippen LogP) is 2.96. The van der Waals surface area contributed by atoms with Gasteiger partial charge in [-0.3, -0.25) is 14.2 Å². The third kappa shape index (κ3) is 4.96. The zero-order valence-corrected chi connectivity index (χ0v) is 17.0. The number of hydrogen-bond donors (Lipinski definition) is 1. The van der Waals surface area contributed by atoms with Crippen molar-refractivity contribution in [1.82, 2.24) is 9.55 Å². The average Bonchev–Trinajstić information content (AvgIpc) is 2.76. The van der Waals surface area contributed by atoms with E-state index < -0.39 is 0 Å². The largest absolute Gasteiger partial charge is 0.497 e. The maximum atomic E-state index is 12.5. The predicted molar refractivity (Wildman–Crippen MR) is 113 cm³/mol. The Balaban J connectivity index is 1.71. The molecule has 1 heterocycles. The van der Waals surface area contributed by atoms with Crippen LogP contribution in [-0.2, 0) is 11.3 Å². The maximum absolute atomic E-state index is 12.5. The monoisotopic (exact) mass is 409 g/mol. The number of carbonyl (C=O) groups is 1. The van der Waals surface area contributed by atoms with Crippen molar-refractivity contribution in [3.8, 4) is 28.5 Å². The SMILES string of the molecule is CCOc1ccc(-c2cc(=O)n(CC(=O)Nc3ccc(OC)cc3OC)cn2)cc1. The summed E-state index contributed by atoms with van der Waals surface area (Å²) in [7, 11) is 3.04. The van der Waals surface area contributed by atoms with Crippen LogP contribution in [0.2, 0.25) is 0 Å². The van der Waals surface area contributed by atoms with Crippen molar-refractivity contribution in [1.29, 1.82) is 0 Å². The summed E-state index contributed by atoms with van der Waals surface area (Å²) >= 11 is 0. The van der Waals surface area contributed by atoms with Crippen molar-refractivity contribution in [3.63, 3.8) is 0 Å². The summed E-state index contributed by atoms with van der Waals surface area (Å²) < 4.78 is 17.1. The van der Waals surface area contributed by atoms with Crippen molar-refractivity contribution < 1.29 is 19.0 Å². The molecule has 1 N–H and O–H groups in total. The number of amides is 1. The van der Waals surface area contributed by atoms with Gasteiger partial charge in [0.1, 0.15) is 23.8 Å². The normalized spacial score (nSPS) is 10.4. The number of anilines is 1. The summed E-state index contributed by atoms with van der Waals surface area (Å²) in [4.78, 5) is 29.2. The highest BCUT2D eigenvalue weighted by molar-refractivity contribution is 5.92. The molecule has 2 aromatic carbocycles. The molecule has 30 heavy (non-hydrogen) atoms. The summed E-state index contributed by atoms with van der Waals surface area (Å²) in [5.41, 5.74) is 1.47. The molecule has 0 aliphatic carbocycles. The molecule has 8 heteroatoms. The van der Waals surface area contributed by atoms with Gasteiger partial charge in [-0.05, 0) is 43.3 Å². The second-order valence-corrected chi connectivity index (χ2v) is 6.31. The maximum Gasteiger partial charge on any atom is 0.254 e. The summed E-state index contributed by atoms with van der Waals surface area (Å²) in [6.45, 7) is 2.32. The first-order chi connectivity index (χ1) is 14.5. The number of rotatable bonds is 8. The van der Waals surface area contributed by atoms with E-state index in [-0.39, 0.29) is 18.0 Å². The third-order valence-corrected chi connectivity index (χ3v) is 4.34. The molecule has 0 saturated carbocycles. The molecule has 0 bridgehead atoms. The van der Waals surface area contributed by atoms with E-state index in [2.05, 4.69) is 10.3 Å². The molecule has 0 aliphatic rings. The van der Waals surface area contributed by atoms with E-state index in [0.717, 1.165) is 11.3 Å². The number of nitrogens with one attached hydrogen (secondary N) is 1. The van der Waals surface area contributed by atoms with Gasteiger partial charge in [-0.15, -0.1) is 0 Å². The number of nitrogens with zero attached hydrogens (tertiary/aromatic N) is 2. The smallest absolute Gasteiger partial charge is 0.254 e. The molecule has 8 nitrogen and oxygen atoms in total. The van der Waals surface area contributed by atoms with Gasteiger partial charge in [-0.2, -0.15) is 0 Å². The fraction of sp³-hybridized carbons (Fsp3) is 0.227. The standard InChI is InChI=1S/C22H23N3O5/c1-4-30-16-7-5-15(6-8-16)19-12-22(27)25(14-23-19)13-21(26)24-18-10-9-17(28-2)11-20(18)29-3/h5-12,14H,4,13H2,1-3H3,(H,24,26). The van der Waals surface area contributed by atoms with E-state index in [1.54, 1.807) is 25.3 Å². The van der Waals surface area contributed by atoms with E-state index in [0.29, 0.717) is 29.5 Å². The highest BCUT2D eigenvalue weighted by Crippen LogP contribution is 2.29. The number of methoxy groups -OCH3 is 2. The topological polar surface area (TPSA) is 91.7 Å². The summed E-state index contributed by atoms with van der Waals surface area (Å²) in [5.74, 6) is 1.44. The molecular formula is C22H23N3O5. The van der Waals surface area contributed by atoms with E-state index >= 15 is 0 Å². The van der Waals surface area contributed by atoms with Gasteiger partial charge in [0.05, 0.1) is 38.5 Å². The molecule has 0 atom stereocenters. The van der Waals surface area contributed by atoms with Crippen LogP contribution in [0.1, 0.15) is 6.92 Å². The van der Waals surface area contributed by atoms with Crippen molar-refractivity contribution in [3.05, 3.63) is 65.2 Å². The average molecular weight is 409 g/mol. The van der Waals surface area contributed by atoms with Crippen molar-refractivity contribution >= 4 is 11.6 Å². The zero-order chi connectivity index (χ0) is 21.5. The quantitative estimate of drug-likeness (QED) is 0.615. The molecule has 0 spiro atoms. The van der Waals surface area contributed by atoms with Crippen LogP contribution in [0.5, 0.6) is 17.2 Å². The van der Waals surface area contributed by atoms with Gasteiger partial charge < -0.3 is 19.5 Å². The molecule has 0 fully saturated rings. The van der Waals surface area contributed by atoms with Crippen LogP contribution >= 0.6 is 0 Å². The first kappa shape index (κ1) is 20.9. The zero-order valence-electron chi connectivity index (χ0n) is 17.0. The van der Waals surface area contributed by atoms with E-state index in [1.807, 2.05) is 31.2 Å². The van der Waals surface area contributed by atoms with Crippen LogP contribution < -0.4 is 25.1 Å². The fourth-order valence-corrected chi connectivity index (χ4v) is 2.84. The molecule has 0 aliphatic heterocycles. The van der Waals surface area contributed by atoms with E-state index in [4.69, 9.17) is 14.2 Å². The van der Waals surface area contributed by atoms with Gasteiger partial charge in [0.15, 0.2) is 0 Å². The second-order valence-electron chi connectivity index (χ2n) is 6.31. The Bertz CT molecular complexity index is 1080. The number of carbonyl (C=O) groups excluding carboxylic acids is 1. The van der Waals surface area contributed by atoms with E-state index in [1.165, 1.54) is 24.1 Å².